The van der Waals surface area contributed by atoms with Crippen molar-refractivity contribution in [2.45, 2.75) is 18.5 Å². The van der Waals surface area contributed by atoms with Gasteiger partial charge >= 0.3 is 0 Å². The van der Waals surface area contributed by atoms with Crippen LogP contribution in [-0.2, 0) is 4.79 Å². The van der Waals surface area contributed by atoms with Gasteiger partial charge in [-0.05, 0) is 60.7 Å². The van der Waals surface area contributed by atoms with E-state index in [1.54, 1.807) is 25.6 Å². The highest BCUT2D eigenvalue weighted by atomic mass is 35.5. The molecular weight excluding hydrogens is 508 g/mol. The minimum absolute atomic E-state index is 0.137. The van der Waals surface area contributed by atoms with E-state index in [-0.39, 0.29) is 24.4 Å². The lowest BCUT2D eigenvalue weighted by Gasteiger charge is -2.28. The number of benzene rings is 1. The number of rotatable bonds is 8. The van der Waals surface area contributed by atoms with Gasteiger partial charge in [-0.1, -0.05) is 29.8 Å². The molecule has 1 aliphatic heterocycles. The third-order valence-corrected chi connectivity index (χ3v) is 6.78. The molecule has 4 heterocycles. The Morgan fingerprint density at radius 3 is 2.70 bits per heavy atom. The molecule has 2 atom stereocenters. The van der Waals surface area contributed by atoms with Gasteiger partial charge in [0.25, 0.3) is 0 Å². The molecule has 0 saturated carbocycles. The number of methoxy groups -OCH3 is 1. The first-order valence-electron chi connectivity index (χ1n) is 11.8. The van der Waals surface area contributed by atoms with E-state index in [0.29, 0.717) is 28.1 Å². The van der Waals surface area contributed by atoms with Crippen molar-refractivity contribution in [1.29, 1.82) is 0 Å². The molecule has 4 aromatic rings. The summed E-state index contributed by atoms with van der Waals surface area (Å²) < 4.78 is 7.36. The summed E-state index contributed by atoms with van der Waals surface area (Å²) in [6, 6.07) is 20.4. The second-order valence-corrected chi connectivity index (χ2v) is 9.28. The fraction of sp³-hybridized carbons (Fsp3) is 0.185. The third kappa shape index (κ3) is 5.28. The average molecular weight is 533 g/mol. The molecule has 8 nitrogen and oxygen atoms in total. The monoisotopic (exact) mass is 532 g/mol. The van der Waals surface area contributed by atoms with Gasteiger partial charge in [0, 0.05) is 37.3 Å². The molecule has 1 aromatic carbocycles. The molecule has 0 unspecified atom stereocenters. The van der Waals surface area contributed by atoms with Crippen molar-refractivity contribution in [2.24, 2.45) is 0 Å². The normalized spacial score (nSPS) is 16.9. The summed E-state index contributed by atoms with van der Waals surface area (Å²) in [6.45, 7) is 0.403. The van der Waals surface area contributed by atoms with Crippen LogP contribution >= 0.6 is 23.8 Å². The number of carbonyl (C=O) groups is 1. The number of aromatic nitrogens is 3. The molecule has 0 bridgehead atoms. The lowest BCUT2D eigenvalue weighted by Crippen LogP contribution is -2.33. The number of hydrogen-bond acceptors (Lipinski definition) is 5. The van der Waals surface area contributed by atoms with Crippen molar-refractivity contribution < 1.29 is 9.53 Å². The molecule has 1 fully saturated rings. The number of carbonyl (C=O) groups excluding carboxylic acids is 1. The molecule has 1 aliphatic rings. The van der Waals surface area contributed by atoms with Crippen LogP contribution in [0.5, 0.6) is 5.75 Å². The molecule has 188 valence electrons. The Hall–Kier alpha value is -3.95. The Kier molecular flexibility index (Phi) is 7.34. The van der Waals surface area contributed by atoms with Gasteiger partial charge in [-0.2, -0.15) is 0 Å². The first kappa shape index (κ1) is 24.7. The van der Waals surface area contributed by atoms with E-state index in [1.165, 1.54) is 0 Å². The summed E-state index contributed by atoms with van der Waals surface area (Å²) >= 11 is 11.8. The van der Waals surface area contributed by atoms with Crippen LogP contribution in [0.4, 0.5) is 5.69 Å². The lowest BCUT2D eigenvalue weighted by molar-refractivity contribution is -0.116. The zero-order valence-corrected chi connectivity index (χ0v) is 21.6. The molecule has 1 amide bonds. The molecular formula is C27H25ClN6O2S. The Labute approximate surface area is 225 Å². The number of thiocarbonyl (C=S) groups is 1. The first-order chi connectivity index (χ1) is 18.0. The molecule has 37 heavy (non-hydrogen) atoms. The van der Waals surface area contributed by atoms with Crippen LogP contribution in [0.15, 0.2) is 85.3 Å². The maximum Gasteiger partial charge on any atom is 0.226 e. The zero-order valence-electron chi connectivity index (χ0n) is 20.0. The lowest BCUT2D eigenvalue weighted by atomic mass is 10.0. The first-order valence-corrected chi connectivity index (χ1v) is 12.5. The van der Waals surface area contributed by atoms with Crippen molar-refractivity contribution in [3.8, 4) is 11.6 Å². The minimum atomic E-state index is -0.228. The summed E-state index contributed by atoms with van der Waals surface area (Å²) in [6.07, 6.45) is 5.56. The number of para-hydroxylation sites is 2. The van der Waals surface area contributed by atoms with E-state index in [1.807, 2.05) is 76.3 Å². The van der Waals surface area contributed by atoms with Gasteiger partial charge in [0.15, 0.2) is 5.11 Å². The number of halogens is 1. The second kappa shape index (κ2) is 11.0. The number of ether oxygens (including phenoxy) is 1. The van der Waals surface area contributed by atoms with Crippen LogP contribution in [0.1, 0.15) is 29.9 Å². The smallest absolute Gasteiger partial charge is 0.226 e. The van der Waals surface area contributed by atoms with Crippen LogP contribution in [0, 0.1) is 0 Å². The van der Waals surface area contributed by atoms with Gasteiger partial charge in [-0.3, -0.25) is 9.78 Å². The SMILES string of the molecule is COc1ccccc1NC(=O)CCN1C(=S)N[C@@H](c2ccccn2)[C@H]1c1cccn1-c1ccc(Cl)cn1. The number of nitrogens with one attached hydrogen (secondary N) is 2. The molecule has 0 aliphatic carbocycles. The largest absolute Gasteiger partial charge is 0.495 e. The number of nitrogens with zero attached hydrogens (tertiary/aromatic N) is 4. The topological polar surface area (TPSA) is 84.3 Å². The summed E-state index contributed by atoms with van der Waals surface area (Å²) in [5.41, 5.74) is 2.44. The van der Waals surface area contributed by atoms with Crippen LogP contribution in [-0.4, -0.2) is 44.1 Å². The molecule has 0 radical (unpaired) electrons. The molecule has 3 aromatic heterocycles. The molecule has 2 N–H and O–H groups in total. The predicted octanol–water partition coefficient (Wildman–Crippen LogP) is 4.93. The van der Waals surface area contributed by atoms with Crippen molar-refractivity contribution in [2.75, 3.05) is 19.0 Å². The van der Waals surface area contributed by atoms with Crippen molar-refractivity contribution in [1.82, 2.24) is 24.8 Å². The molecule has 0 spiro atoms. The number of hydrogen-bond donors (Lipinski definition) is 2. The van der Waals surface area contributed by atoms with E-state index >= 15 is 0 Å². The fourth-order valence-electron chi connectivity index (χ4n) is 4.50. The summed E-state index contributed by atoms with van der Waals surface area (Å²) in [4.78, 5) is 24.0. The van der Waals surface area contributed by atoms with Crippen LogP contribution < -0.4 is 15.4 Å². The number of pyridine rings is 2. The number of amides is 1. The standard InChI is InChI=1S/C27H25ClN6O2S/c1-36-22-10-3-2-7-19(22)31-24(35)13-16-34-26(25(32-27(34)37)20-8-4-5-14-29-20)21-9-6-15-33(21)23-12-11-18(28)17-30-23/h2-12,14-15,17,25-26H,13,16H2,1H3,(H,31,35)(H,32,37)/t25-,26+/m0/s1. The molecule has 5 rings (SSSR count). The Morgan fingerprint density at radius 1 is 1.11 bits per heavy atom. The van der Waals surface area contributed by atoms with E-state index in [4.69, 9.17) is 28.6 Å². The summed E-state index contributed by atoms with van der Waals surface area (Å²) in [5, 5.41) is 7.49. The van der Waals surface area contributed by atoms with E-state index in [2.05, 4.69) is 20.6 Å². The average Bonchev–Trinajstić information content (AvgIpc) is 3.53. The van der Waals surface area contributed by atoms with Gasteiger partial charge < -0.3 is 24.8 Å². The number of anilines is 1. The van der Waals surface area contributed by atoms with E-state index in [0.717, 1.165) is 17.2 Å². The van der Waals surface area contributed by atoms with Gasteiger partial charge in [0.1, 0.15) is 11.6 Å². The Bertz CT molecular complexity index is 1400. The van der Waals surface area contributed by atoms with Gasteiger partial charge in [0.05, 0.1) is 35.6 Å². The zero-order chi connectivity index (χ0) is 25.8. The van der Waals surface area contributed by atoms with E-state index in [9.17, 15) is 4.79 Å². The quantitative estimate of drug-likeness (QED) is 0.311. The highest BCUT2D eigenvalue weighted by molar-refractivity contribution is 7.80. The van der Waals surface area contributed by atoms with Crippen molar-refractivity contribution >= 4 is 40.5 Å². The molecule has 10 heteroatoms. The summed E-state index contributed by atoms with van der Waals surface area (Å²) in [7, 11) is 1.58. The van der Waals surface area contributed by atoms with Crippen molar-refractivity contribution in [3.05, 3.63) is 102 Å². The minimum Gasteiger partial charge on any atom is -0.495 e. The predicted molar refractivity (Wildman–Crippen MR) is 147 cm³/mol. The van der Waals surface area contributed by atoms with Crippen molar-refractivity contribution in [3.63, 3.8) is 0 Å². The van der Waals surface area contributed by atoms with Crippen LogP contribution in [0.3, 0.4) is 0 Å². The van der Waals surface area contributed by atoms with Crippen LogP contribution in [0.25, 0.3) is 5.82 Å². The summed E-state index contributed by atoms with van der Waals surface area (Å²) in [5.74, 6) is 1.20. The Morgan fingerprint density at radius 2 is 1.95 bits per heavy atom. The highest BCUT2D eigenvalue weighted by Gasteiger charge is 2.41. The highest BCUT2D eigenvalue weighted by Crippen LogP contribution is 2.39. The maximum atomic E-state index is 12.9. The fourth-order valence-corrected chi connectivity index (χ4v) is 4.95. The Balaban J connectivity index is 1.43. The third-order valence-electron chi connectivity index (χ3n) is 6.20. The van der Waals surface area contributed by atoms with Gasteiger partial charge in [0.2, 0.25) is 5.91 Å². The van der Waals surface area contributed by atoms with E-state index < -0.39 is 0 Å². The second-order valence-electron chi connectivity index (χ2n) is 8.46. The van der Waals surface area contributed by atoms with Crippen LogP contribution in [0.2, 0.25) is 5.02 Å². The molecule has 1 saturated heterocycles. The van der Waals surface area contributed by atoms with Gasteiger partial charge in [-0.15, -0.1) is 0 Å². The van der Waals surface area contributed by atoms with Gasteiger partial charge in [-0.25, -0.2) is 4.98 Å². The maximum absolute atomic E-state index is 12.9.